The molecule has 0 aliphatic heterocycles. The monoisotopic (exact) mass is 406 g/mol. The predicted molar refractivity (Wildman–Crippen MR) is 118 cm³/mol. The molecule has 0 saturated carbocycles. The van der Waals surface area contributed by atoms with Gasteiger partial charge in [0.2, 0.25) is 5.91 Å². The molecule has 0 bridgehead atoms. The summed E-state index contributed by atoms with van der Waals surface area (Å²) in [6, 6.07) is 22.1. The van der Waals surface area contributed by atoms with E-state index in [1.54, 1.807) is 31.4 Å². The highest BCUT2D eigenvalue weighted by Gasteiger charge is 2.09. The minimum Gasteiger partial charge on any atom is -0.497 e. The van der Waals surface area contributed by atoms with E-state index >= 15 is 0 Å². The average Bonchev–Trinajstić information content (AvgIpc) is 2.74. The van der Waals surface area contributed by atoms with E-state index in [2.05, 4.69) is 10.6 Å². The van der Waals surface area contributed by atoms with Crippen LogP contribution in [0.15, 0.2) is 77.7 Å². The molecule has 0 unspecified atom stereocenters. The van der Waals surface area contributed by atoms with Gasteiger partial charge in [-0.2, -0.15) is 0 Å². The largest absolute Gasteiger partial charge is 0.497 e. The summed E-state index contributed by atoms with van der Waals surface area (Å²) in [5.74, 6) is 0.613. The van der Waals surface area contributed by atoms with E-state index in [-0.39, 0.29) is 17.6 Å². The van der Waals surface area contributed by atoms with Crippen molar-refractivity contribution in [3.63, 3.8) is 0 Å². The van der Waals surface area contributed by atoms with Gasteiger partial charge in [-0.3, -0.25) is 9.59 Å². The number of nitrogens with one attached hydrogen (secondary N) is 2. The van der Waals surface area contributed by atoms with Crippen molar-refractivity contribution >= 4 is 35.0 Å². The van der Waals surface area contributed by atoms with Crippen LogP contribution in [0.1, 0.15) is 15.9 Å². The van der Waals surface area contributed by atoms with Crippen molar-refractivity contribution in [2.24, 2.45) is 0 Å². The van der Waals surface area contributed by atoms with Crippen LogP contribution in [0.3, 0.4) is 0 Å². The Labute approximate surface area is 174 Å². The Morgan fingerprint density at radius 3 is 2.52 bits per heavy atom. The molecule has 0 aromatic heterocycles. The molecule has 5 nitrogen and oxygen atoms in total. The number of amides is 2. The molecule has 0 aliphatic rings. The summed E-state index contributed by atoms with van der Waals surface area (Å²) in [7, 11) is 1.56. The lowest BCUT2D eigenvalue weighted by Crippen LogP contribution is -2.14. The van der Waals surface area contributed by atoms with Crippen molar-refractivity contribution in [2.45, 2.75) is 11.8 Å². The third-order valence-corrected chi connectivity index (χ3v) is 5.21. The van der Waals surface area contributed by atoms with Crippen LogP contribution >= 0.6 is 11.8 Å². The Hall–Kier alpha value is -3.25. The highest BCUT2D eigenvalue weighted by molar-refractivity contribution is 8.00. The van der Waals surface area contributed by atoms with E-state index in [1.165, 1.54) is 11.8 Å². The lowest BCUT2D eigenvalue weighted by molar-refractivity contribution is -0.113. The number of carbonyl (C=O) groups excluding carboxylic acids is 2. The molecular weight excluding hydrogens is 384 g/mol. The average molecular weight is 407 g/mol. The number of carbonyl (C=O) groups is 2. The molecule has 29 heavy (non-hydrogen) atoms. The molecule has 6 heteroatoms. The first-order valence-electron chi connectivity index (χ1n) is 9.09. The number of hydrogen-bond acceptors (Lipinski definition) is 4. The van der Waals surface area contributed by atoms with E-state index in [4.69, 9.17) is 4.74 Å². The summed E-state index contributed by atoms with van der Waals surface area (Å²) in [5.41, 5.74) is 3.02. The number of aryl methyl sites for hydroxylation is 1. The molecule has 2 N–H and O–H groups in total. The van der Waals surface area contributed by atoms with Crippen LogP contribution in [-0.2, 0) is 4.79 Å². The van der Waals surface area contributed by atoms with Crippen LogP contribution in [0, 0.1) is 6.92 Å². The molecule has 2 amide bonds. The van der Waals surface area contributed by atoms with Crippen LogP contribution in [-0.4, -0.2) is 24.7 Å². The van der Waals surface area contributed by atoms with Crippen molar-refractivity contribution in [2.75, 3.05) is 23.5 Å². The van der Waals surface area contributed by atoms with E-state index in [0.717, 1.165) is 16.1 Å². The second-order valence-corrected chi connectivity index (χ2v) is 7.41. The van der Waals surface area contributed by atoms with Crippen LogP contribution < -0.4 is 15.4 Å². The van der Waals surface area contributed by atoms with Gasteiger partial charge in [0, 0.05) is 21.8 Å². The number of para-hydroxylation sites is 1. The quantitative estimate of drug-likeness (QED) is 0.543. The second kappa shape index (κ2) is 9.80. The van der Waals surface area contributed by atoms with Gasteiger partial charge in [-0.05, 0) is 55.0 Å². The van der Waals surface area contributed by atoms with Gasteiger partial charge in [-0.1, -0.05) is 30.3 Å². The Morgan fingerprint density at radius 2 is 1.72 bits per heavy atom. The molecule has 3 aromatic rings. The maximum Gasteiger partial charge on any atom is 0.255 e. The molecule has 0 heterocycles. The Morgan fingerprint density at radius 1 is 0.931 bits per heavy atom. The van der Waals surface area contributed by atoms with Crippen LogP contribution in [0.5, 0.6) is 5.75 Å². The van der Waals surface area contributed by atoms with Gasteiger partial charge in [0.15, 0.2) is 0 Å². The normalized spacial score (nSPS) is 10.3. The third-order valence-electron chi connectivity index (χ3n) is 4.21. The van der Waals surface area contributed by atoms with Crippen molar-refractivity contribution in [1.29, 1.82) is 0 Å². The van der Waals surface area contributed by atoms with Crippen molar-refractivity contribution < 1.29 is 14.3 Å². The Balaban J connectivity index is 1.58. The lowest BCUT2D eigenvalue weighted by atomic mass is 10.2. The SMILES string of the molecule is COc1cccc(C(=O)Nc2cccc(SCC(=O)Nc3ccccc3C)c2)c1. The fraction of sp³-hybridized carbons (Fsp3) is 0.130. The lowest BCUT2D eigenvalue weighted by Gasteiger charge is -2.09. The molecule has 0 spiro atoms. The summed E-state index contributed by atoms with van der Waals surface area (Å²) in [5, 5.41) is 5.79. The van der Waals surface area contributed by atoms with Gasteiger partial charge in [-0.15, -0.1) is 11.8 Å². The smallest absolute Gasteiger partial charge is 0.255 e. The number of hydrogen-bond donors (Lipinski definition) is 2. The molecule has 148 valence electrons. The zero-order valence-corrected chi connectivity index (χ0v) is 17.1. The fourth-order valence-corrected chi connectivity index (χ4v) is 3.43. The van der Waals surface area contributed by atoms with Gasteiger partial charge in [0.05, 0.1) is 12.9 Å². The summed E-state index contributed by atoms with van der Waals surface area (Å²) >= 11 is 1.41. The van der Waals surface area contributed by atoms with Gasteiger partial charge < -0.3 is 15.4 Å². The fourth-order valence-electron chi connectivity index (χ4n) is 2.68. The molecular formula is C23H22N2O3S. The van der Waals surface area contributed by atoms with E-state index in [1.807, 2.05) is 55.5 Å². The van der Waals surface area contributed by atoms with E-state index in [9.17, 15) is 9.59 Å². The number of thioether (sulfide) groups is 1. The number of anilines is 2. The topological polar surface area (TPSA) is 67.4 Å². The number of benzene rings is 3. The number of rotatable bonds is 7. The van der Waals surface area contributed by atoms with Gasteiger partial charge >= 0.3 is 0 Å². The molecule has 0 saturated heterocycles. The minimum atomic E-state index is -0.219. The highest BCUT2D eigenvalue weighted by Crippen LogP contribution is 2.23. The molecule has 3 rings (SSSR count). The maximum atomic E-state index is 12.5. The minimum absolute atomic E-state index is 0.0740. The molecule has 3 aromatic carbocycles. The first-order chi connectivity index (χ1) is 14.0. The first kappa shape index (κ1) is 20.5. The zero-order chi connectivity index (χ0) is 20.6. The summed E-state index contributed by atoms with van der Waals surface area (Å²) < 4.78 is 5.16. The standard InChI is InChI=1S/C23H22N2O3S/c1-16-7-3-4-12-21(16)25-22(26)15-29-20-11-6-9-18(14-20)24-23(27)17-8-5-10-19(13-17)28-2/h3-14H,15H2,1-2H3,(H,24,27)(H,25,26). The van der Waals surface area contributed by atoms with E-state index in [0.29, 0.717) is 17.0 Å². The van der Waals surface area contributed by atoms with Gasteiger partial charge in [-0.25, -0.2) is 0 Å². The van der Waals surface area contributed by atoms with E-state index < -0.39 is 0 Å². The summed E-state index contributed by atoms with van der Waals surface area (Å²) in [6.07, 6.45) is 0. The van der Waals surface area contributed by atoms with Crippen LogP contribution in [0.4, 0.5) is 11.4 Å². The second-order valence-electron chi connectivity index (χ2n) is 6.37. The van der Waals surface area contributed by atoms with Crippen molar-refractivity contribution in [3.8, 4) is 5.75 Å². The first-order valence-corrected chi connectivity index (χ1v) is 10.1. The predicted octanol–water partition coefficient (Wildman–Crippen LogP) is 4.99. The van der Waals surface area contributed by atoms with Gasteiger partial charge in [0.1, 0.15) is 5.75 Å². The maximum absolute atomic E-state index is 12.5. The highest BCUT2D eigenvalue weighted by atomic mass is 32.2. The Bertz CT molecular complexity index is 1020. The number of ether oxygens (including phenoxy) is 1. The molecule has 0 aliphatic carbocycles. The summed E-state index contributed by atoms with van der Waals surface area (Å²) in [6.45, 7) is 1.96. The summed E-state index contributed by atoms with van der Waals surface area (Å²) in [4.78, 5) is 25.6. The van der Waals surface area contributed by atoms with Crippen LogP contribution in [0.25, 0.3) is 0 Å². The van der Waals surface area contributed by atoms with Crippen molar-refractivity contribution in [1.82, 2.24) is 0 Å². The Kier molecular flexibility index (Phi) is 6.92. The number of methoxy groups -OCH3 is 1. The molecule has 0 fully saturated rings. The zero-order valence-electron chi connectivity index (χ0n) is 16.3. The van der Waals surface area contributed by atoms with Crippen LogP contribution in [0.2, 0.25) is 0 Å². The molecule has 0 atom stereocenters. The molecule has 0 radical (unpaired) electrons. The van der Waals surface area contributed by atoms with Gasteiger partial charge in [0.25, 0.3) is 5.91 Å². The van der Waals surface area contributed by atoms with Crippen molar-refractivity contribution in [3.05, 3.63) is 83.9 Å². The third kappa shape index (κ3) is 5.86.